The van der Waals surface area contributed by atoms with Crippen LogP contribution < -0.4 is 14.5 Å². The summed E-state index contributed by atoms with van der Waals surface area (Å²) in [6, 6.07) is 14.8. The van der Waals surface area contributed by atoms with Crippen LogP contribution in [0.15, 0.2) is 48.5 Å². The molecule has 1 saturated heterocycles. The fourth-order valence-electron chi connectivity index (χ4n) is 3.87. The second kappa shape index (κ2) is 9.08. The number of hydrogen-bond donors (Lipinski definition) is 1. The van der Waals surface area contributed by atoms with E-state index < -0.39 is 10.0 Å². The number of benzene rings is 2. The van der Waals surface area contributed by atoms with E-state index in [1.54, 1.807) is 24.3 Å². The molecule has 1 fully saturated rings. The molecular formula is C23H31N3O3S. The van der Waals surface area contributed by atoms with Crippen molar-refractivity contribution in [2.24, 2.45) is 5.92 Å². The second-order valence-electron chi connectivity index (χ2n) is 8.23. The van der Waals surface area contributed by atoms with Gasteiger partial charge in [0.05, 0.1) is 23.5 Å². The molecule has 0 unspecified atom stereocenters. The Hall–Kier alpha value is -2.54. The van der Waals surface area contributed by atoms with E-state index in [1.807, 2.05) is 19.1 Å². The Balaban J connectivity index is 1.72. The van der Waals surface area contributed by atoms with Crippen LogP contribution in [0.1, 0.15) is 48.7 Å². The van der Waals surface area contributed by atoms with Gasteiger partial charge >= 0.3 is 0 Å². The minimum Gasteiger partial charge on any atom is -0.371 e. The number of carbonyl (C=O) groups excluding carboxylic acids is 1. The van der Waals surface area contributed by atoms with Gasteiger partial charge in [-0.2, -0.15) is 0 Å². The van der Waals surface area contributed by atoms with Crippen molar-refractivity contribution in [3.05, 3.63) is 59.7 Å². The van der Waals surface area contributed by atoms with Crippen LogP contribution in [0.5, 0.6) is 0 Å². The molecule has 30 heavy (non-hydrogen) atoms. The highest BCUT2D eigenvalue weighted by molar-refractivity contribution is 7.92. The monoisotopic (exact) mass is 429 g/mol. The van der Waals surface area contributed by atoms with E-state index in [9.17, 15) is 13.2 Å². The van der Waals surface area contributed by atoms with E-state index in [2.05, 4.69) is 29.3 Å². The average Bonchev–Trinajstić information content (AvgIpc) is 2.72. The summed E-state index contributed by atoms with van der Waals surface area (Å²) in [6.07, 6.45) is 3.62. The Morgan fingerprint density at radius 2 is 1.83 bits per heavy atom. The smallest absolute Gasteiger partial charge is 0.253 e. The standard InChI is InChI=1S/C23H31N3O3S/c1-17-8-7-15-26(16-17)20-13-11-19(12-14-20)18(2)24-23(27)21-9-5-6-10-22(21)25(3)30(4,28)29/h5-6,9-14,17-18H,7-8,15-16H2,1-4H3,(H,24,27)/t17-,18+/m1/s1. The lowest BCUT2D eigenvalue weighted by Crippen LogP contribution is -2.34. The van der Waals surface area contributed by atoms with Gasteiger partial charge < -0.3 is 10.2 Å². The molecular weight excluding hydrogens is 398 g/mol. The van der Waals surface area contributed by atoms with Crippen LogP contribution in [-0.4, -0.2) is 40.7 Å². The number of rotatable bonds is 6. The van der Waals surface area contributed by atoms with E-state index in [1.165, 1.54) is 25.6 Å². The van der Waals surface area contributed by atoms with E-state index >= 15 is 0 Å². The Labute approximate surface area is 179 Å². The number of piperidine rings is 1. The maximum Gasteiger partial charge on any atom is 0.253 e. The van der Waals surface area contributed by atoms with E-state index in [0.29, 0.717) is 17.2 Å². The molecule has 2 aromatic carbocycles. The third-order valence-electron chi connectivity index (χ3n) is 5.75. The largest absolute Gasteiger partial charge is 0.371 e. The summed E-state index contributed by atoms with van der Waals surface area (Å²) in [7, 11) is -2.01. The molecule has 2 aromatic rings. The normalized spacial score (nSPS) is 18.0. The van der Waals surface area contributed by atoms with E-state index in [-0.39, 0.29) is 11.9 Å². The lowest BCUT2D eigenvalue weighted by atomic mass is 9.99. The molecule has 1 heterocycles. The van der Waals surface area contributed by atoms with Crippen LogP contribution in [0, 0.1) is 5.92 Å². The third-order valence-corrected chi connectivity index (χ3v) is 6.94. The number of sulfonamides is 1. The number of anilines is 2. The fourth-order valence-corrected chi connectivity index (χ4v) is 4.39. The van der Waals surface area contributed by atoms with Gasteiger partial charge in [0.25, 0.3) is 5.91 Å². The number of carbonyl (C=O) groups is 1. The average molecular weight is 430 g/mol. The molecule has 0 saturated carbocycles. The lowest BCUT2D eigenvalue weighted by molar-refractivity contribution is 0.0940. The van der Waals surface area contributed by atoms with Crippen LogP contribution in [0.2, 0.25) is 0 Å². The molecule has 6 nitrogen and oxygen atoms in total. The number of nitrogens with zero attached hydrogens (tertiary/aromatic N) is 2. The molecule has 1 aliphatic rings. The topological polar surface area (TPSA) is 69.7 Å². The van der Waals surface area contributed by atoms with Crippen molar-refractivity contribution in [3.8, 4) is 0 Å². The maximum absolute atomic E-state index is 12.9. The van der Waals surface area contributed by atoms with Crippen molar-refractivity contribution in [1.29, 1.82) is 0 Å². The first kappa shape index (κ1) is 22.2. The van der Waals surface area contributed by atoms with Gasteiger partial charge in [0.1, 0.15) is 0 Å². The molecule has 0 spiro atoms. The molecule has 0 aromatic heterocycles. The zero-order chi connectivity index (χ0) is 21.9. The van der Waals surface area contributed by atoms with Gasteiger partial charge in [0.15, 0.2) is 0 Å². The zero-order valence-electron chi connectivity index (χ0n) is 18.1. The highest BCUT2D eigenvalue weighted by Crippen LogP contribution is 2.26. The molecule has 1 N–H and O–H groups in total. The van der Waals surface area contributed by atoms with E-state index in [4.69, 9.17) is 0 Å². The molecule has 0 aliphatic carbocycles. The first-order valence-electron chi connectivity index (χ1n) is 10.4. The molecule has 3 rings (SSSR count). The number of nitrogens with one attached hydrogen (secondary N) is 1. The quantitative estimate of drug-likeness (QED) is 0.758. The zero-order valence-corrected chi connectivity index (χ0v) is 18.9. The van der Waals surface area contributed by atoms with Gasteiger partial charge in [0.2, 0.25) is 10.0 Å². The van der Waals surface area contributed by atoms with Gasteiger partial charge in [-0.05, 0) is 55.5 Å². The Kier molecular flexibility index (Phi) is 6.71. The second-order valence-corrected chi connectivity index (χ2v) is 10.2. The van der Waals surface area contributed by atoms with Crippen molar-refractivity contribution in [3.63, 3.8) is 0 Å². The van der Waals surface area contributed by atoms with Crippen LogP contribution >= 0.6 is 0 Å². The summed E-state index contributed by atoms with van der Waals surface area (Å²) in [6.45, 7) is 6.38. The number of amides is 1. The Morgan fingerprint density at radius 3 is 2.47 bits per heavy atom. The van der Waals surface area contributed by atoms with Gasteiger partial charge in [-0.15, -0.1) is 0 Å². The SMILES string of the molecule is C[C@@H]1CCCN(c2ccc([C@H](C)NC(=O)c3ccccc3N(C)S(C)(=O)=O)cc2)C1. The lowest BCUT2D eigenvalue weighted by Gasteiger charge is -2.33. The van der Waals surface area contributed by atoms with Crippen molar-refractivity contribution in [2.45, 2.75) is 32.7 Å². The molecule has 0 bridgehead atoms. The van der Waals surface area contributed by atoms with Crippen molar-refractivity contribution in [2.75, 3.05) is 35.6 Å². The highest BCUT2D eigenvalue weighted by atomic mass is 32.2. The minimum absolute atomic E-state index is 0.205. The summed E-state index contributed by atoms with van der Waals surface area (Å²) in [4.78, 5) is 15.3. The first-order valence-corrected chi connectivity index (χ1v) is 12.2. The van der Waals surface area contributed by atoms with Crippen molar-refractivity contribution in [1.82, 2.24) is 5.32 Å². The Morgan fingerprint density at radius 1 is 1.17 bits per heavy atom. The van der Waals surface area contributed by atoms with Crippen LogP contribution in [0.4, 0.5) is 11.4 Å². The van der Waals surface area contributed by atoms with E-state index in [0.717, 1.165) is 29.2 Å². The molecule has 1 aliphatic heterocycles. The summed E-state index contributed by atoms with van der Waals surface area (Å²) in [5.74, 6) is 0.407. The maximum atomic E-state index is 12.9. The van der Waals surface area contributed by atoms with Crippen LogP contribution in [-0.2, 0) is 10.0 Å². The molecule has 162 valence electrons. The number of hydrogen-bond acceptors (Lipinski definition) is 4. The summed E-state index contributed by atoms with van der Waals surface area (Å²) < 4.78 is 25.0. The summed E-state index contributed by atoms with van der Waals surface area (Å²) in [5.41, 5.74) is 2.91. The van der Waals surface area contributed by atoms with Crippen molar-refractivity contribution >= 4 is 27.3 Å². The van der Waals surface area contributed by atoms with Crippen molar-refractivity contribution < 1.29 is 13.2 Å². The summed E-state index contributed by atoms with van der Waals surface area (Å²) >= 11 is 0. The van der Waals surface area contributed by atoms with Crippen LogP contribution in [0.25, 0.3) is 0 Å². The molecule has 7 heteroatoms. The molecule has 0 radical (unpaired) electrons. The Bertz CT molecular complexity index is 989. The van der Waals surface area contributed by atoms with Crippen LogP contribution in [0.3, 0.4) is 0 Å². The molecule has 2 atom stereocenters. The van der Waals surface area contributed by atoms with Gasteiger partial charge in [-0.1, -0.05) is 31.2 Å². The number of para-hydroxylation sites is 1. The van der Waals surface area contributed by atoms with Gasteiger partial charge in [0, 0.05) is 25.8 Å². The highest BCUT2D eigenvalue weighted by Gasteiger charge is 2.21. The van der Waals surface area contributed by atoms with Gasteiger partial charge in [-0.25, -0.2) is 8.42 Å². The summed E-state index contributed by atoms with van der Waals surface area (Å²) in [5, 5.41) is 2.99. The predicted molar refractivity (Wildman–Crippen MR) is 123 cm³/mol. The van der Waals surface area contributed by atoms with Gasteiger partial charge in [-0.3, -0.25) is 9.10 Å². The first-order chi connectivity index (χ1) is 14.2. The molecule has 1 amide bonds. The minimum atomic E-state index is -3.46. The fraction of sp³-hybridized carbons (Fsp3) is 0.435. The third kappa shape index (κ3) is 5.14. The predicted octanol–water partition coefficient (Wildman–Crippen LogP) is 3.81.